The quantitative estimate of drug-likeness (QED) is 0.833. The summed E-state index contributed by atoms with van der Waals surface area (Å²) in [7, 11) is -2.23. The van der Waals surface area contributed by atoms with E-state index in [0.717, 1.165) is 6.07 Å². The van der Waals surface area contributed by atoms with Crippen LogP contribution in [0.25, 0.3) is 0 Å². The van der Waals surface area contributed by atoms with Crippen LogP contribution >= 0.6 is 0 Å². The number of nitrogens with zero attached hydrogens (tertiary/aromatic N) is 1. The number of phenolic OH excluding ortho intramolecular Hbond substituents is 2. The van der Waals surface area contributed by atoms with Gasteiger partial charge in [0.05, 0.1) is 0 Å². The Hall–Kier alpha value is -1.27. The topological polar surface area (TPSA) is 77.8 Å². The first-order valence-corrected chi connectivity index (χ1v) is 6.32. The predicted molar refractivity (Wildman–Crippen MR) is 59.9 cm³/mol. The summed E-state index contributed by atoms with van der Waals surface area (Å²) in [5, 5.41) is 18.6. The molecule has 16 heavy (non-hydrogen) atoms. The molecule has 0 amide bonds. The fraction of sp³-hybridized carbons (Fsp3) is 0.400. The molecule has 6 heteroatoms. The van der Waals surface area contributed by atoms with Crippen LogP contribution in [0.15, 0.2) is 23.1 Å². The minimum atomic E-state index is -3.68. The number of hydrogen-bond donors (Lipinski definition) is 2. The third kappa shape index (κ3) is 2.45. The summed E-state index contributed by atoms with van der Waals surface area (Å²) in [6, 6.07) is 3.42. The molecule has 90 valence electrons. The molecule has 0 saturated carbocycles. The van der Waals surface area contributed by atoms with Crippen LogP contribution in [0.1, 0.15) is 13.3 Å². The first kappa shape index (κ1) is 12.8. The van der Waals surface area contributed by atoms with Gasteiger partial charge in [-0.25, -0.2) is 12.7 Å². The van der Waals surface area contributed by atoms with E-state index >= 15 is 0 Å². The summed E-state index contributed by atoms with van der Waals surface area (Å²) in [5.41, 5.74) is 0. The highest BCUT2D eigenvalue weighted by Gasteiger charge is 2.23. The molecule has 0 bridgehead atoms. The molecule has 0 radical (unpaired) electrons. The highest BCUT2D eigenvalue weighted by molar-refractivity contribution is 7.89. The maximum Gasteiger partial charge on any atom is 0.246 e. The van der Waals surface area contributed by atoms with Crippen molar-refractivity contribution in [3.8, 4) is 11.5 Å². The highest BCUT2D eigenvalue weighted by atomic mass is 32.2. The Morgan fingerprint density at radius 2 is 1.94 bits per heavy atom. The van der Waals surface area contributed by atoms with Crippen LogP contribution in [-0.2, 0) is 10.0 Å². The molecular formula is C10H15NO4S. The zero-order chi connectivity index (χ0) is 12.3. The van der Waals surface area contributed by atoms with Crippen LogP contribution in [0.4, 0.5) is 0 Å². The van der Waals surface area contributed by atoms with E-state index < -0.39 is 15.8 Å². The molecule has 0 heterocycles. The van der Waals surface area contributed by atoms with Gasteiger partial charge >= 0.3 is 0 Å². The van der Waals surface area contributed by atoms with Gasteiger partial charge in [0.1, 0.15) is 16.4 Å². The number of rotatable bonds is 4. The Balaban J connectivity index is 3.17. The van der Waals surface area contributed by atoms with E-state index in [2.05, 4.69) is 0 Å². The summed E-state index contributed by atoms with van der Waals surface area (Å²) in [6.07, 6.45) is 0.689. The van der Waals surface area contributed by atoms with Gasteiger partial charge in [-0.15, -0.1) is 0 Å². The van der Waals surface area contributed by atoms with Gasteiger partial charge in [-0.2, -0.15) is 0 Å². The van der Waals surface area contributed by atoms with Crippen molar-refractivity contribution in [2.75, 3.05) is 13.6 Å². The molecule has 0 aliphatic rings. The first-order chi connectivity index (χ1) is 7.39. The van der Waals surface area contributed by atoms with Crippen molar-refractivity contribution in [3.05, 3.63) is 18.2 Å². The van der Waals surface area contributed by atoms with E-state index in [-0.39, 0.29) is 10.6 Å². The molecule has 0 aromatic heterocycles. The second-order valence-corrected chi connectivity index (χ2v) is 5.49. The van der Waals surface area contributed by atoms with E-state index in [1.807, 2.05) is 6.92 Å². The summed E-state index contributed by atoms with van der Waals surface area (Å²) in [5.74, 6) is -0.613. The number of sulfonamides is 1. The Kier molecular flexibility index (Phi) is 3.77. The molecule has 1 aromatic rings. The Bertz CT molecular complexity index is 470. The first-order valence-electron chi connectivity index (χ1n) is 4.88. The van der Waals surface area contributed by atoms with Gasteiger partial charge in [0.2, 0.25) is 10.0 Å². The SMILES string of the molecule is CCCN(C)S(=O)(=O)c1ccc(O)cc1O. The van der Waals surface area contributed by atoms with Crippen LogP contribution in [0.2, 0.25) is 0 Å². The number of aromatic hydroxyl groups is 2. The van der Waals surface area contributed by atoms with Gasteiger partial charge in [0.15, 0.2) is 0 Å². The van der Waals surface area contributed by atoms with Crippen molar-refractivity contribution in [1.29, 1.82) is 0 Å². The lowest BCUT2D eigenvalue weighted by Crippen LogP contribution is -2.27. The van der Waals surface area contributed by atoms with Crippen LogP contribution in [0.3, 0.4) is 0 Å². The maximum atomic E-state index is 11.9. The van der Waals surface area contributed by atoms with Crippen molar-refractivity contribution in [2.24, 2.45) is 0 Å². The van der Waals surface area contributed by atoms with Crippen LogP contribution in [0.5, 0.6) is 11.5 Å². The lowest BCUT2D eigenvalue weighted by atomic mass is 10.3. The Labute approximate surface area is 95.0 Å². The predicted octanol–water partition coefficient (Wildman–Crippen LogP) is 1.13. The minimum Gasteiger partial charge on any atom is -0.508 e. The molecule has 0 aliphatic heterocycles. The van der Waals surface area contributed by atoms with E-state index in [4.69, 9.17) is 5.11 Å². The Morgan fingerprint density at radius 3 is 2.44 bits per heavy atom. The van der Waals surface area contributed by atoms with E-state index in [1.165, 1.54) is 23.5 Å². The summed E-state index contributed by atoms with van der Waals surface area (Å²) < 4.78 is 25.0. The molecule has 5 nitrogen and oxygen atoms in total. The largest absolute Gasteiger partial charge is 0.508 e. The molecule has 0 unspecified atom stereocenters. The molecule has 2 N–H and O–H groups in total. The van der Waals surface area contributed by atoms with Gasteiger partial charge < -0.3 is 10.2 Å². The smallest absolute Gasteiger partial charge is 0.246 e. The average Bonchev–Trinajstić information content (AvgIpc) is 2.17. The van der Waals surface area contributed by atoms with Crippen molar-refractivity contribution < 1.29 is 18.6 Å². The van der Waals surface area contributed by atoms with Crippen LogP contribution in [-0.4, -0.2) is 36.5 Å². The molecule has 1 aromatic carbocycles. The monoisotopic (exact) mass is 245 g/mol. The Morgan fingerprint density at radius 1 is 1.31 bits per heavy atom. The maximum absolute atomic E-state index is 11.9. The lowest BCUT2D eigenvalue weighted by Gasteiger charge is -2.16. The highest BCUT2D eigenvalue weighted by Crippen LogP contribution is 2.28. The van der Waals surface area contributed by atoms with Gasteiger partial charge in [0.25, 0.3) is 0 Å². The molecule has 0 aliphatic carbocycles. The fourth-order valence-corrected chi connectivity index (χ4v) is 2.65. The number of benzene rings is 1. The summed E-state index contributed by atoms with van der Waals surface area (Å²) in [4.78, 5) is -0.193. The summed E-state index contributed by atoms with van der Waals surface area (Å²) >= 11 is 0. The molecule has 0 saturated heterocycles. The van der Waals surface area contributed by atoms with Crippen LogP contribution < -0.4 is 0 Å². The summed E-state index contributed by atoms with van der Waals surface area (Å²) in [6.45, 7) is 2.24. The van der Waals surface area contributed by atoms with Gasteiger partial charge in [-0.1, -0.05) is 6.92 Å². The number of hydrogen-bond acceptors (Lipinski definition) is 4. The van der Waals surface area contributed by atoms with Crippen LogP contribution in [0, 0.1) is 0 Å². The van der Waals surface area contributed by atoms with Crippen molar-refractivity contribution in [3.63, 3.8) is 0 Å². The normalized spacial score (nSPS) is 11.9. The molecule has 0 fully saturated rings. The second-order valence-electron chi connectivity index (χ2n) is 3.48. The average molecular weight is 245 g/mol. The molecule has 0 atom stereocenters. The third-order valence-electron chi connectivity index (χ3n) is 2.17. The van der Waals surface area contributed by atoms with E-state index in [9.17, 15) is 13.5 Å². The minimum absolute atomic E-state index is 0.172. The van der Waals surface area contributed by atoms with Gasteiger partial charge in [-0.3, -0.25) is 0 Å². The zero-order valence-electron chi connectivity index (χ0n) is 9.21. The van der Waals surface area contributed by atoms with Gasteiger partial charge in [-0.05, 0) is 18.6 Å². The molecule has 0 spiro atoms. The number of phenols is 2. The third-order valence-corrected chi connectivity index (χ3v) is 4.07. The lowest BCUT2D eigenvalue weighted by molar-refractivity contribution is 0.430. The zero-order valence-corrected chi connectivity index (χ0v) is 10.0. The molecule has 1 rings (SSSR count). The molecular weight excluding hydrogens is 230 g/mol. The van der Waals surface area contributed by atoms with Crippen molar-refractivity contribution in [1.82, 2.24) is 4.31 Å². The van der Waals surface area contributed by atoms with E-state index in [1.54, 1.807) is 0 Å². The van der Waals surface area contributed by atoms with Crippen molar-refractivity contribution >= 4 is 10.0 Å². The van der Waals surface area contributed by atoms with Gasteiger partial charge in [0, 0.05) is 19.7 Å². The standard InChI is InChI=1S/C10H15NO4S/c1-3-6-11(2)16(14,15)10-5-4-8(12)7-9(10)13/h4-5,7,12-13H,3,6H2,1-2H3. The van der Waals surface area contributed by atoms with Crippen molar-refractivity contribution in [2.45, 2.75) is 18.2 Å². The van der Waals surface area contributed by atoms with E-state index in [0.29, 0.717) is 13.0 Å². The second kappa shape index (κ2) is 4.71. The fourth-order valence-electron chi connectivity index (χ4n) is 1.33.